The van der Waals surface area contributed by atoms with Gasteiger partial charge in [-0.25, -0.2) is 0 Å². The Morgan fingerprint density at radius 1 is 1.19 bits per heavy atom. The first kappa shape index (κ1) is 14.9. The second kappa shape index (κ2) is 5.99. The number of halogens is 3. The van der Waals surface area contributed by atoms with Gasteiger partial charge in [0.05, 0.1) is 22.2 Å². The van der Waals surface area contributed by atoms with Gasteiger partial charge in [0.1, 0.15) is 5.75 Å². The predicted octanol–water partition coefficient (Wildman–Crippen LogP) is 5.12. The van der Waals surface area contributed by atoms with Gasteiger partial charge in [0.25, 0.3) is 0 Å². The van der Waals surface area contributed by atoms with Crippen LogP contribution in [0.15, 0.2) is 34.8 Å². The van der Waals surface area contributed by atoms with E-state index in [4.69, 9.17) is 27.9 Å². The van der Waals surface area contributed by atoms with Crippen molar-refractivity contribution in [2.75, 3.05) is 6.61 Å². The lowest BCUT2D eigenvalue weighted by Crippen LogP contribution is -2.06. The Labute approximate surface area is 141 Å². The summed E-state index contributed by atoms with van der Waals surface area (Å²) < 4.78 is 6.49. The largest absolute Gasteiger partial charge is 0.492 e. The zero-order valence-electron chi connectivity index (χ0n) is 11.0. The highest BCUT2D eigenvalue weighted by atomic mass is 79.9. The number of benzene rings is 2. The fourth-order valence-electron chi connectivity index (χ4n) is 2.41. The maximum atomic E-state index is 12.5. The highest BCUT2D eigenvalue weighted by Crippen LogP contribution is 2.34. The van der Waals surface area contributed by atoms with Gasteiger partial charge in [0.2, 0.25) is 0 Å². The highest BCUT2D eigenvalue weighted by Gasteiger charge is 2.22. The van der Waals surface area contributed by atoms with E-state index in [1.165, 1.54) is 0 Å². The summed E-state index contributed by atoms with van der Waals surface area (Å²) in [4.78, 5) is 12.5. The van der Waals surface area contributed by atoms with Crippen molar-refractivity contribution >= 4 is 44.9 Å². The van der Waals surface area contributed by atoms with E-state index in [0.29, 0.717) is 28.0 Å². The average molecular weight is 386 g/mol. The topological polar surface area (TPSA) is 26.3 Å². The molecule has 21 heavy (non-hydrogen) atoms. The molecular formula is C16H11BrCl2O2. The van der Waals surface area contributed by atoms with Crippen LogP contribution in [0.25, 0.3) is 0 Å². The van der Waals surface area contributed by atoms with Gasteiger partial charge in [0.15, 0.2) is 5.78 Å². The molecule has 0 fully saturated rings. The number of ether oxygens (including phenoxy) is 1. The standard InChI is InChI=1S/C16H11BrCl2O2/c17-11-7-10-3-4-21-16(10)12(8-11)15(20)6-9-1-2-13(18)14(19)5-9/h1-2,5,7-8H,3-4,6H2. The summed E-state index contributed by atoms with van der Waals surface area (Å²) in [6, 6.07) is 9.04. The van der Waals surface area contributed by atoms with Crippen molar-refractivity contribution < 1.29 is 9.53 Å². The van der Waals surface area contributed by atoms with Crippen molar-refractivity contribution in [2.45, 2.75) is 12.8 Å². The van der Waals surface area contributed by atoms with Crippen LogP contribution in [0, 0.1) is 0 Å². The smallest absolute Gasteiger partial charge is 0.171 e. The molecule has 0 atom stereocenters. The van der Waals surface area contributed by atoms with Gasteiger partial charge in [-0.1, -0.05) is 45.2 Å². The molecular weight excluding hydrogens is 375 g/mol. The zero-order valence-corrected chi connectivity index (χ0v) is 14.1. The van der Waals surface area contributed by atoms with Crippen LogP contribution < -0.4 is 4.74 Å². The van der Waals surface area contributed by atoms with Crippen LogP contribution in [0.3, 0.4) is 0 Å². The second-order valence-corrected chi connectivity index (χ2v) is 6.62. The fourth-order valence-corrected chi connectivity index (χ4v) is 3.23. The van der Waals surface area contributed by atoms with Crippen molar-refractivity contribution in [1.82, 2.24) is 0 Å². The van der Waals surface area contributed by atoms with Crippen molar-refractivity contribution in [1.29, 1.82) is 0 Å². The monoisotopic (exact) mass is 384 g/mol. The summed E-state index contributed by atoms with van der Waals surface area (Å²) in [6.45, 7) is 0.624. The summed E-state index contributed by atoms with van der Waals surface area (Å²) >= 11 is 15.3. The van der Waals surface area contributed by atoms with Crippen LogP contribution in [0.1, 0.15) is 21.5 Å². The van der Waals surface area contributed by atoms with E-state index >= 15 is 0 Å². The van der Waals surface area contributed by atoms with Crippen LogP contribution in [-0.4, -0.2) is 12.4 Å². The minimum Gasteiger partial charge on any atom is -0.492 e. The molecule has 0 bridgehead atoms. The molecule has 1 heterocycles. The molecule has 0 unspecified atom stereocenters. The SMILES string of the molecule is O=C(Cc1ccc(Cl)c(Cl)c1)c1cc(Br)cc2c1OCC2. The van der Waals surface area contributed by atoms with E-state index in [0.717, 1.165) is 22.0 Å². The molecule has 0 radical (unpaired) electrons. The molecule has 0 spiro atoms. The molecule has 2 aromatic rings. The van der Waals surface area contributed by atoms with Crippen LogP contribution in [0.5, 0.6) is 5.75 Å². The van der Waals surface area contributed by atoms with E-state index in [-0.39, 0.29) is 12.2 Å². The maximum Gasteiger partial charge on any atom is 0.171 e. The maximum absolute atomic E-state index is 12.5. The zero-order chi connectivity index (χ0) is 15.0. The molecule has 108 valence electrons. The Bertz CT molecular complexity index is 728. The number of Topliss-reactive ketones (excluding diaryl/α,β-unsaturated/α-hetero) is 1. The number of carbonyl (C=O) groups is 1. The first-order valence-electron chi connectivity index (χ1n) is 6.47. The van der Waals surface area contributed by atoms with E-state index in [2.05, 4.69) is 15.9 Å². The van der Waals surface area contributed by atoms with E-state index in [1.54, 1.807) is 12.1 Å². The first-order chi connectivity index (χ1) is 10.0. The molecule has 0 saturated heterocycles. The molecule has 2 nitrogen and oxygen atoms in total. The number of hydrogen-bond donors (Lipinski definition) is 0. The predicted molar refractivity (Wildman–Crippen MR) is 87.8 cm³/mol. The summed E-state index contributed by atoms with van der Waals surface area (Å²) in [6.07, 6.45) is 1.10. The lowest BCUT2D eigenvalue weighted by Gasteiger charge is -2.09. The van der Waals surface area contributed by atoms with Gasteiger partial charge in [-0.3, -0.25) is 4.79 Å². The quantitative estimate of drug-likeness (QED) is 0.685. The Hall–Kier alpha value is -1.03. The van der Waals surface area contributed by atoms with Crippen molar-refractivity contribution in [3.05, 3.63) is 61.5 Å². The molecule has 1 aliphatic heterocycles. The number of hydrogen-bond acceptors (Lipinski definition) is 2. The van der Waals surface area contributed by atoms with Gasteiger partial charge in [0, 0.05) is 17.3 Å². The first-order valence-corrected chi connectivity index (χ1v) is 8.02. The number of ketones is 1. The van der Waals surface area contributed by atoms with Gasteiger partial charge in [-0.05, 0) is 35.4 Å². The molecule has 5 heteroatoms. The van der Waals surface area contributed by atoms with Crippen LogP contribution in [0.2, 0.25) is 10.0 Å². The summed E-state index contributed by atoms with van der Waals surface area (Å²) in [5.41, 5.74) is 2.52. The van der Waals surface area contributed by atoms with E-state index in [9.17, 15) is 4.79 Å². The van der Waals surface area contributed by atoms with Crippen LogP contribution >= 0.6 is 39.1 Å². The summed E-state index contributed by atoms with van der Waals surface area (Å²) in [7, 11) is 0. The van der Waals surface area contributed by atoms with Gasteiger partial charge in [-0.15, -0.1) is 0 Å². The molecule has 0 N–H and O–H groups in total. The molecule has 0 aliphatic carbocycles. The van der Waals surface area contributed by atoms with Crippen molar-refractivity contribution in [2.24, 2.45) is 0 Å². The van der Waals surface area contributed by atoms with Gasteiger partial charge < -0.3 is 4.74 Å². The average Bonchev–Trinajstić information content (AvgIpc) is 2.90. The fraction of sp³-hybridized carbons (Fsp3) is 0.188. The van der Waals surface area contributed by atoms with Crippen molar-refractivity contribution in [3.8, 4) is 5.75 Å². The number of rotatable bonds is 3. The second-order valence-electron chi connectivity index (χ2n) is 4.89. The summed E-state index contributed by atoms with van der Waals surface area (Å²) in [5, 5.41) is 0.942. The van der Waals surface area contributed by atoms with Crippen LogP contribution in [0.4, 0.5) is 0 Å². The third-order valence-corrected chi connectivity index (χ3v) is 4.59. The third-order valence-electron chi connectivity index (χ3n) is 3.40. The summed E-state index contributed by atoms with van der Waals surface area (Å²) in [5.74, 6) is 0.719. The minimum atomic E-state index is 0.00726. The highest BCUT2D eigenvalue weighted by molar-refractivity contribution is 9.10. The molecule has 1 aliphatic rings. The normalized spacial score (nSPS) is 12.9. The van der Waals surface area contributed by atoms with Gasteiger partial charge >= 0.3 is 0 Å². The van der Waals surface area contributed by atoms with Gasteiger partial charge in [-0.2, -0.15) is 0 Å². The Balaban J connectivity index is 1.91. The van der Waals surface area contributed by atoms with E-state index < -0.39 is 0 Å². The number of carbonyl (C=O) groups excluding carboxylic acids is 1. The molecule has 3 rings (SSSR count). The molecule has 0 amide bonds. The molecule has 2 aromatic carbocycles. The lowest BCUT2D eigenvalue weighted by molar-refractivity contribution is 0.0990. The minimum absolute atomic E-state index is 0.00726. The Morgan fingerprint density at radius 2 is 2.00 bits per heavy atom. The molecule has 0 saturated carbocycles. The number of fused-ring (bicyclic) bond motifs is 1. The Morgan fingerprint density at radius 3 is 2.76 bits per heavy atom. The molecule has 0 aromatic heterocycles. The van der Waals surface area contributed by atoms with E-state index in [1.807, 2.05) is 18.2 Å². The van der Waals surface area contributed by atoms with Crippen LogP contribution in [-0.2, 0) is 12.8 Å². The Kier molecular flexibility index (Phi) is 4.25. The third kappa shape index (κ3) is 3.10. The van der Waals surface area contributed by atoms with Crippen molar-refractivity contribution in [3.63, 3.8) is 0 Å². The lowest BCUT2D eigenvalue weighted by atomic mass is 10.00.